The standard InChI is InChI=1S/C14H19N3O/c1-14(2,10-16)11-5-7-12(8-6-11)17-13(18)4-3-9-15/h5-8H,3-4,9,15H2,1-2H3,(H,17,18). The molecule has 18 heavy (non-hydrogen) atoms. The van der Waals surface area contributed by atoms with Crippen LogP contribution in [-0.4, -0.2) is 12.5 Å². The zero-order valence-electron chi connectivity index (χ0n) is 10.9. The highest BCUT2D eigenvalue weighted by Gasteiger charge is 2.19. The largest absolute Gasteiger partial charge is 0.330 e. The van der Waals surface area contributed by atoms with E-state index in [1.54, 1.807) is 0 Å². The van der Waals surface area contributed by atoms with Crippen molar-refractivity contribution in [3.8, 4) is 6.07 Å². The Labute approximate surface area is 108 Å². The Balaban J connectivity index is 2.67. The maximum absolute atomic E-state index is 11.5. The van der Waals surface area contributed by atoms with Crippen LogP contribution in [0.25, 0.3) is 0 Å². The Morgan fingerprint density at radius 2 is 2.00 bits per heavy atom. The third-order valence-electron chi connectivity index (χ3n) is 2.78. The molecular formula is C14H19N3O. The number of hydrogen-bond donors (Lipinski definition) is 2. The van der Waals surface area contributed by atoms with Gasteiger partial charge in [-0.1, -0.05) is 12.1 Å². The molecule has 0 unspecified atom stereocenters. The predicted molar refractivity (Wildman–Crippen MR) is 72.0 cm³/mol. The van der Waals surface area contributed by atoms with Gasteiger partial charge in [-0.15, -0.1) is 0 Å². The Morgan fingerprint density at radius 3 is 2.50 bits per heavy atom. The fourth-order valence-corrected chi connectivity index (χ4v) is 1.52. The molecule has 0 atom stereocenters. The Morgan fingerprint density at radius 1 is 1.39 bits per heavy atom. The highest BCUT2D eigenvalue weighted by molar-refractivity contribution is 5.90. The van der Waals surface area contributed by atoms with Crippen molar-refractivity contribution >= 4 is 11.6 Å². The van der Waals surface area contributed by atoms with Gasteiger partial charge in [0.05, 0.1) is 11.5 Å². The molecule has 0 aliphatic heterocycles. The van der Waals surface area contributed by atoms with E-state index in [1.165, 1.54) is 0 Å². The maximum Gasteiger partial charge on any atom is 0.224 e. The molecule has 1 aromatic carbocycles. The van der Waals surface area contributed by atoms with E-state index < -0.39 is 5.41 Å². The number of nitrogens with zero attached hydrogens (tertiary/aromatic N) is 1. The van der Waals surface area contributed by atoms with Crippen molar-refractivity contribution in [2.24, 2.45) is 5.73 Å². The number of nitrogens with two attached hydrogens (primary N) is 1. The number of rotatable bonds is 5. The lowest BCUT2D eigenvalue weighted by Gasteiger charge is -2.16. The molecule has 1 amide bonds. The van der Waals surface area contributed by atoms with E-state index in [0.29, 0.717) is 19.4 Å². The quantitative estimate of drug-likeness (QED) is 0.834. The van der Waals surface area contributed by atoms with E-state index in [4.69, 9.17) is 11.0 Å². The summed E-state index contributed by atoms with van der Waals surface area (Å²) in [5, 5.41) is 11.8. The molecule has 0 heterocycles. The number of hydrogen-bond acceptors (Lipinski definition) is 3. The van der Waals surface area contributed by atoms with Crippen LogP contribution >= 0.6 is 0 Å². The SMILES string of the molecule is CC(C)(C#N)c1ccc(NC(=O)CCCN)cc1. The van der Waals surface area contributed by atoms with Crippen molar-refractivity contribution in [1.82, 2.24) is 0 Å². The first-order chi connectivity index (χ1) is 8.49. The van der Waals surface area contributed by atoms with Gasteiger partial charge in [-0.2, -0.15) is 5.26 Å². The molecule has 0 spiro atoms. The van der Waals surface area contributed by atoms with E-state index in [9.17, 15) is 4.79 Å². The number of anilines is 1. The van der Waals surface area contributed by atoms with Crippen molar-refractivity contribution < 1.29 is 4.79 Å². The summed E-state index contributed by atoms with van der Waals surface area (Å²) in [5.74, 6) is -0.0345. The number of amides is 1. The van der Waals surface area contributed by atoms with Gasteiger partial charge in [-0.3, -0.25) is 4.79 Å². The van der Waals surface area contributed by atoms with Crippen LogP contribution in [0.15, 0.2) is 24.3 Å². The molecule has 0 radical (unpaired) electrons. The first kappa shape index (κ1) is 14.2. The van der Waals surface area contributed by atoms with Gasteiger partial charge in [0.15, 0.2) is 0 Å². The van der Waals surface area contributed by atoms with Crippen LogP contribution in [0.5, 0.6) is 0 Å². The third kappa shape index (κ3) is 3.86. The first-order valence-corrected chi connectivity index (χ1v) is 6.01. The minimum Gasteiger partial charge on any atom is -0.330 e. The fraction of sp³-hybridized carbons (Fsp3) is 0.429. The van der Waals surface area contributed by atoms with Gasteiger partial charge in [0.25, 0.3) is 0 Å². The summed E-state index contributed by atoms with van der Waals surface area (Å²) in [6, 6.07) is 9.60. The molecule has 1 rings (SSSR count). The van der Waals surface area contributed by atoms with Gasteiger partial charge in [0, 0.05) is 12.1 Å². The highest BCUT2D eigenvalue weighted by Crippen LogP contribution is 2.23. The normalized spacial score (nSPS) is 10.8. The smallest absolute Gasteiger partial charge is 0.224 e. The van der Waals surface area contributed by atoms with Crippen molar-refractivity contribution in [3.05, 3.63) is 29.8 Å². The fourth-order valence-electron chi connectivity index (χ4n) is 1.52. The van der Waals surface area contributed by atoms with Gasteiger partial charge in [0.1, 0.15) is 0 Å². The van der Waals surface area contributed by atoms with Gasteiger partial charge in [-0.25, -0.2) is 0 Å². The molecule has 0 saturated heterocycles. The molecule has 0 saturated carbocycles. The second-order valence-corrected chi connectivity index (χ2v) is 4.75. The predicted octanol–water partition coefficient (Wildman–Crippen LogP) is 2.17. The van der Waals surface area contributed by atoms with E-state index in [2.05, 4.69) is 11.4 Å². The molecular weight excluding hydrogens is 226 g/mol. The van der Waals surface area contributed by atoms with E-state index in [0.717, 1.165) is 11.3 Å². The van der Waals surface area contributed by atoms with Gasteiger partial charge < -0.3 is 11.1 Å². The number of nitriles is 1. The lowest BCUT2D eigenvalue weighted by Crippen LogP contribution is -2.15. The summed E-state index contributed by atoms with van der Waals surface area (Å²) in [5.41, 5.74) is 6.51. The third-order valence-corrected chi connectivity index (χ3v) is 2.78. The summed E-state index contributed by atoms with van der Waals surface area (Å²) >= 11 is 0. The van der Waals surface area contributed by atoms with Crippen LogP contribution < -0.4 is 11.1 Å². The van der Waals surface area contributed by atoms with Crippen molar-refractivity contribution in [1.29, 1.82) is 5.26 Å². The lowest BCUT2D eigenvalue weighted by molar-refractivity contribution is -0.116. The number of nitrogens with one attached hydrogen (secondary N) is 1. The van der Waals surface area contributed by atoms with Crippen molar-refractivity contribution in [2.45, 2.75) is 32.1 Å². The minimum absolute atomic E-state index is 0.0345. The topological polar surface area (TPSA) is 78.9 Å². The summed E-state index contributed by atoms with van der Waals surface area (Å²) in [7, 11) is 0. The summed E-state index contributed by atoms with van der Waals surface area (Å²) < 4.78 is 0. The Kier molecular flexibility index (Phi) is 4.87. The van der Waals surface area contributed by atoms with Crippen molar-refractivity contribution in [3.63, 3.8) is 0 Å². The first-order valence-electron chi connectivity index (χ1n) is 6.01. The number of benzene rings is 1. The molecule has 4 heteroatoms. The average molecular weight is 245 g/mol. The molecule has 0 aliphatic rings. The molecule has 0 bridgehead atoms. The molecule has 4 nitrogen and oxygen atoms in total. The number of carbonyl (C=O) groups is 1. The second-order valence-electron chi connectivity index (χ2n) is 4.75. The van der Waals surface area contributed by atoms with Crippen molar-refractivity contribution in [2.75, 3.05) is 11.9 Å². The molecule has 0 aromatic heterocycles. The zero-order chi connectivity index (χ0) is 13.6. The van der Waals surface area contributed by atoms with Crippen LogP contribution in [0.4, 0.5) is 5.69 Å². The van der Waals surface area contributed by atoms with Gasteiger partial charge in [0.2, 0.25) is 5.91 Å². The van der Waals surface area contributed by atoms with Crippen LogP contribution in [0, 0.1) is 11.3 Å². The van der Waals surface area contributed by atoms with Gasteiger partial charge >= 0.3 is 0 Å². The molecule has 0 fully saturated rings. The van der Waals surface area contributed by atoms with Gasteiger partial charge in [-0.05, 0) is 44.5 Å². The Bertz CT molecular complexity index is 443. The molecule has 0 aliphatic carbocycles. The zero-order valence-corrected chi connectivity index (χ0v) is 10.9. The lowest BCUT2D eigenvalue weighted by atomic mass is 9.86. The second kappa shape index (κ2) is 6.18. The molecule has 1 aromatic rings. The van der Waals surface area contributed by atoms with E-state index in [1.807, 2.05) is 38.1 Å². The van der Waals surface area contributed by atoms with Crippen LogP contribution in [0.3, 0.4) is 0 Å². The minimum atomic E-state index is -0.512. The number of carbonyl (C=O) groups excluding carboxylic acids is 1. The summed E-state index contributed by atoms with van der Waals surface area (Å²) in [6.07, 6.45) is 1.12. The van der Waals surface area contributed by atoms with Crippen LogP contribution in [0.1, 0.15) is 32.3 Å². The summed E-state index contributed by atoms with van der Waals surface area (Å²) in [4.78, 5) is 11.5. The highest BCUT2D eigenvalue weighted by atomic mass is 16.1. The molecule has 3 N–H and O–H groups in total. The Hall–Kier alpha value is -1.86. The summed E-state index contributed by atoms with van der Waals surface area (Å²) in [6.45, 7) is 4.24. The average Bonchev–Trinajstić information content (AvgIpc) is 2.37. The van der Waals surface area contributed by atoms with E-state index in [-0.39, 0.29) is 5.91 Å². The maximum atomic E-state index is 11.5. The van der Waals surface area contributed by atoms with Crippen LogP contribution in [0.2, 0.25) is 0 Å². The monoisotopic (exact) mass is 245 g/mol. The molecule has 96 valence electrons. The van der Waals surface area contributed by atoms with Crippen LogP contribution in [-0.2, 0) is 10.2 Å². The van der Waals surface area contributed by atoms with E-state index >= 15 is 0 Å².